The highest BCUT2D eigenvalue weighted by Gasteiger charge is 2.09. The van der Waals surface area contributed by atoms with E-state index in [2.05, 4.69) is 17.2 Å². The van der Waals surface area contributed by atoms with Crippen molar-refractivity contribution in [1.29, 1.82) is 0 Å². The molecule has 1 N–H and O–H groups in total. The average molecular weight is 221 g/mol. The van der Waals surface area contributed by atoms with Gasteiger partial charge in [0.15, 0.2) is 0 Å². The van der Waals surface area contributed by atoms with Crippen LogP contribution in [-0.4, -0.2) is 36.4 Å². The fourth-order valence-electron chi connectivity index (χ4n) is 1.30. The molecule has 0 atom stereocenters. The van der Waals surface area contributed by atoms with Gasteiger partial charge in [0.25, 0.3) is 5.91 Å². The van der Waals surface area contributed by atoms with Gasteiger partial charge >= 0.3 is 0 Å². The Hall–Kier alpha value is -1.58. The highest BCUT2D eigenvalue weighted by molar-refractivity contribution is 5.92. The van der Waals surface area contributed by atoms with Crippen LogP contribution in [0.1, 0.15) is 30.3 Å². The molecule has 16 heavy (non-hydrogen) atoms. The van der Waals surface area contributed by atoms with Crippen LogP contribution in [0.4, 0.5) is 5.69 Å². The molecule has 0 saturated carbocycles. The number of nitrogens with zero attached hydrogens (tertiary/aromatic N) is 2. The summed E-state index contributed by atoms with van der Waals surface area (Å²) >= 11 is 0. The number of carbonyl (C=O) groups excluding carboxylic acids is 1. The molecule has 88 valence electrons. The van der Waals surface area contributed by atoms with Gasteiger partial charge in [-0.25, -0.2) is 0 Å². The average Bonchev–Trinajstić information content (AvgIpc) is 2.29. The zero-order chi connectivity index (χ0) is 12.0. The molecule has 1 rings (SSSR count). The van der Waals surface area contributed by atoms with Crippen LogP contribution in [0.2, 0.25) is 0 Å². The first kappa shape index (κ1) is 12.5. The van der Waals surface area contributed by atoms with Crippen LogP contribution in [0.15, 0.2) is 18.3 Å². The molecule has 0 aromatic carbocycles. The maximum atomic E-state index is 11.7. The molecule has 1 aromatic rings. The minimum Gasteiger partial charge on any atom is -0.385 e. The summed E-state index contributed by atoms with van der Waals surface area (Å²) in [5, 5.41) is 3.27. The Morgan fingerprint density at radius 2 is 2.25 bits per heavy atom. The lowest BCUT2D eigenvalue weighted by Gasteiger charge is -2.11. The van der Waals surface area contributed by atoms with Crippen molar-refractivity contribution < 1.29 is 4.79 Å². The fraction of sp³-hybridized carbons (Fsp3) is 0.500. The smallest absolute Gasteiger partial charge is 0.272 e. The number of carbonyl (C=O) groups is 1. The Balaban J connectivity index is 2.67. The topological polar surface area (TPSA) is 45.2 Å². The van der Waals surface area contributed by atoms with E-state index in [-0.39, 0.29) is 5.91 Å². The molecule has 0 aliphatic carbocycles. The molecular weight excluding hydrogens is 202 g/mol. The van der Waals surface area contributed by atoms with Gasteiger partial charge in [0.05, 0.1) is 0 Å². The molecule has 0 unspecified atom stereocenters. The summed E-state index contributed by atoms with van der Waals surface area (Å²) in [6.07, 6.45) is 3.94. The number of aromatic nitrogens is 1. The van der Waals surface area contributed by atoms with Crippen LogP contribution in [0.3, 0.4) is 0 Å². The number of nitrogens with one attached hydrogen (secondary N) is 1. The van der Waals surface area contributed by atoms with E-state index < -0.39 is 0 Å². The Morgan fingerprint density at radius 1 is 1.50 bits per heavy atom. The van der Waals surface area contributed by atoms with Crippen LogP contribution in [0.25, 0.3) is 0 Å². The number of anilines is 1. The van der Waals surface area contributed by atoms with Crippen molar-refractivity contribution >= 4 is 11.6 Å². The molecule has 0 fully saturated rings. The number of hydrogen-bond donors (Lipinski definition) is 1. The number of rotatable bonds is 5. The Labute approximate surface area is 96.7 Å². The molecule has 0 radical (unpaired) electrons. The van der Waals surface area contributed by atoms with Gasteiger partial charge in [0.1, 0.15) is 5.69 Å². The second-order valence-corrected chi connectivity index (χ2v) is 3.91. The van der Waals surface area contributed by atoms with Gasteiger partial charge in [-0.05, 0) is 18.6 Å². The Kier molecular flexibility index (Phi) is 4.76. The van der Waals surface area contributed by atoms with Crippen LogP contribution >= 0.6 is 0 Å². The Bertz CT molecular complexity index is 350. The predicted molar refractivity (Wildman–Crippen MR) is 65.7 cm³/mol. The highest BCUT2D eigenvalue weighted by atomic mass is 16.2. The van der Waals surface area contributed by atoms with Gasteiger partial charge in [-0.15, -0.1) is 0 Å². The van der Waals surface area contributed by atoms with E-state index in [4.69, 9.17) is 0 Å². The zero-order valence-corrected chi connectivity index (χ0v) is 10.2. The van der Waals surface area contributed by atoms with Crippen molar-refractivity contribution in [2.24, 2.45) is 0 Å². The van der Waals surface area contributed by atoms with E-state index in [0.717, 1.165) is 25.1 Å². The highest BCUT2D eigenvalue weighted by Crippen LogP contribution is 2.09. The predicted octanol–water partition coefficient (Wildman–Crippen LogP) is 2.00. The van der Waals surface area contributed by atoms with Crippen molar-refractivity contribution in [2.45, 2.75) is 19.8 Å². The number of unbranched alkanes of at least 4 members (excludes halogenated alkanes) is 1. The lowest BCUT2D eigenvalue weighted by Crippen LogP contribution is -2.22. The van der Waals surface area contributed by atoms with E-state index in [0.29, 0.717) is 5.69 Å². The standard InChI is InChI=1S/C12H19N3O/c1-4-5-7-13-10-6-8-14-11(9-10)12(16)15(2)3/h6,8-9H,4-5,7H2,1-3H3,(H,13,14). The lowest BCUT2D eigenvalue weighted by molar-refractivity contribution is 0.0822. The van der Waals surface area contributed by atoms with Crippen molar-refractivity contribution in [1.82, 2.24) is 9.88 Å². The van der Waals surface area contributed by atoms with Crippen molar-refractivity contribution in [2.75, 3.05) is 26.0 Å². The molecule has 0 aliphatic heterocycles. The summed E-state index contributed by atoms with van der Waals surface area (Å²) in [5.41, 5.74) is 1.43. The zero-order valence-electron chi connectivity index (χ0n) is 10.2. The van der Waals surface area contributed by atoms with Crippen LogP contribution < -0.4 is 5.32 Å². The summed E-state index contributed by atoms with van der Waals surface area (Å²) in [7, 11) is 3.45. The second kappa shape index (κ2) is 6.10. The SMILES string of the molecule is CCCCNc1ccnc(C(=O)N(C)C)c1. The van der Waals surface area contributed by atoms with Gasteiger partial charge in [-0.2, -0.15) is 0 Å². The fourth-order valence-corrected chi connectivity index (χ4v) is 1.30. The number of hydrogen-bond acceptors (Lipinski definition) is 3. The minimum atomic E-state index is -0.0702. The van der Waals surface area contributed by atoms with Gasteiger partial charge in [-0.1, -0.05) is 13.3 Å². The minimum absolute atomic E-state index is 0.0702. The van der Waals surface area contributed by atoms with Crippen molar-refractivity contribution in [3.63, 3.8) is 0 Å². The third-order valence-electron chi connectivity index (χ3n) is 2.24. The molecule has 1 aromatic heterocycles. The van der Waals surface area contributed by atoms with Gasteiger partial charge < -0.3 is 10.2 Å². The summed E-state index contributed by atoms with van der Waals surface area (Å²) in [5.74, 6) is -0.0702. The molecule has 4 nitrogen and oxygen atoms in total. The van der Waals surface area contributed by atoms with E-state index >= 15 is 0 Å². The van der Waals surface area contributed by atoms with Gasteiger partial charge in [0.2, 0.25) is 0 Å². The lowest BCUT2D eigenvalue weighted by atomic mass is 10.2. The van der Waals surface area contributed by atoms with Crippen molar-refractivity contribution in [3.8, 4) is 0 Å². The first-order valence-corrected chi connectivity index (χ1v) is 5.56. The third-order valence-corrected chi connectivity index (χ3v) is 2.24. The van der Waals surface area contributed by atoms with Crippen molar-refractivity contribution in [3.05, 3.63) is 24.0 Å². The first-order valence-electron chi connectivity index (χ1n) is 5.56. The largest absolute Gasteiger partial charge is 0.385 e. The summed E-state index contributed by atoms with van der Waals surface area (Å²) in [6, 6.07) is 3.67. The maximum Gasteiger partial charge on any atom is 0.272 e. The van der Waals surface area contributed by atoms with Gasteiger partial charge in [0, 0.05) is 32.5 Å². The van der Waals surface area contributed by atoms with Crippen LogP contribution in [0, 0.1) is 0 Å². The molecule has 1 amide bonds. The maximum absolute atomic E-state index is 11.7. The summed E-state index contributed by atoms with van der Waals surface area (Å²) < 4.78 is 0. The second-order valence-electron chi connectivity index (χ2n) is 3.91. The van der Waals surface area contributed by atoms with E-state index in [1.165, 1.54) is 4.90 Å². The molecule has 0 spiro atoms. The van der Waals surface area contributed by atoms with Crippen LogP contribution in [0.5, 0.6) is 0 Å². The summed E-state index contributed by atoms with van der Waals surface area (Å²) in [6.45, 7) is 3.07. The van der Waals surface area contributed by atoms with Crippen LogP contribution in [-0.2, 0) is 0 Å². The van der Waals surface area contributed by atoms with E-state index in [1.54, 1.807) is 26.4 Å². The number of amides is 1. The molecule has 0 aliphatic rings. The summed E-state index contributed by atoms with van der Waals surface area (Å²) in [4.78, 5) is 17.2. The third kappa shape index (κ3) is 3.53. The molecule has 1 heterocycles. The van der Waals surface area contributed by atoms with E-state index in [9.17, 15) is 4.79 Å². The van der Waals surface area contributed by atoms with E-state index in [1.807, 2.05) is 6.07 Å². The quantitative estimate of drug-likeness (QED) is 0.773. The molecule has 0 bridgehead atoms. The normalized spacial score (nSPS) is 9.94. The molecule has 4 heteroatoms. The molecular formula is C12H19N3O. The Morgan fingerprint density at radius 3 is 2.88 bits per heavy atom. The number of pyridine rings is 1. The molecule has 0 saturated heterocycles. The van der Waals surface area contributed by atoms with Gasteiger partial charge in [-0.3, -0.25) is 9.78 Å². The first-order chi connectivity index (χ1) is 7.65. The monoisotopic (exact) mass is 221 g/mol.